The van der Waals surface area contributed by atoms with Crippen molar-refractivity contribution in [1.29, 1.82) is 0 Å². The van der Waals surface area contributed by atoms with Gasteiger partial charge >= 0.3 is 0 Å². The SMILES string of the molecule is COc1ccc(C)cc1NC(=O)CN(C)Cc1ccc(C(C)C)cc1. The van der Waals surface area contributed by atoms with E-state index in [1.54, 1.807) is 7.11 Å². The van der Waals surface area contributed by atoms with Crippen LogP contribution in [0.1, 0.15) is 36.5 Å². The number of hydrogen-bond donors (Lipinski definition) is 1. The summed E-state index contributed by atoms with van der Waals surface area (Å²) in [5.74, 6) is 1.15. The van der Waals surface area contributed by atoms with Gasteiger partial charge in [-0.15, -0.1) is 0 Å². The van der Waals surface area contributed by atoms with Gasteiger partial charge in [-0.3, -0.25) is 9.69 Å². The number of anilines is 1. The van der Waals surface area contributed by atoms with E-state index in [1.807, 2.05) is 37.1 Å². The first-order valence-corrected chi connectivity index (χ1v) is 8.61. The molecule has 2 aromatic carbocycles. The first kappa shape index (κ1) is 19.0. The summed E-state index contributed by atoms with van der Waals surface area (Å²) in [5.41, 5.74) is 4.32. The third kappa shape index (κ3) is 5.61. The lowest BCUT2D eigenvalue weighted by atomic mass is 10.0. The van der Waals surface area contributed by atoms with Crippen LogP contribution in [-0.2, 0) is 11.3 Å². The molecule has 25 heavy (non-hydrogen) atoms. The zero-order valence-corrected chi connectivity index (χ0v) is 15.8. The van der Waals surface area contributed by atoms with Crippen LogP contribution >= 0.6 is 0 Å². The number of carbonyl (C=O) groups is 1. The van der Waals surface area contributed by atoms with Crippen molar-refractivity contribution in [2.45, 2.75) is 33.2 Å². The molecule has 0 atom stereocenters. The Balaban J connectivity index is 1.93. The van der Waals surface area contributed by atoms with Crippen molar-refractivity contribution in [2.75, 3.05) is 26.0 Å². The number of methoxy groups -OCH3 is 1. The Labute approximate surface area is 150 Å². The molecule has 1 N–H and O–H groups in total. The topological polar surface area (TPSA) is 41.6 Å². The highest BCUT2D eigenvalue weighted by atomic mass is 16.5. The molecule has 0 heterocycles. The van der Waals surface area contributed by atoms with Crippen LogP contribution in [-0.4, -0.2) is 31.5 Å². The van der Waals surface area contributed by atoms with Crippen molar-refractivity contribution >= 4 is 11.6 Å². The fourth-order valence-electron chi connectivity index (χ4n) is 2.73. The van der Waals surface area contributed by atoms with Gasteiger partial charge in [-0.1, -0.05) is 44.2 Å². The Hall–Kier alpha value is -2.33. The molecule has 4 heteroatoms. The van der Waals surface area contributed by atoms with Crippen molar-refractivity contribution in [1.82, 2.24) is 4.90 Å². The zero-order chi connectivity index (χ0) is 18.4. The Morgan fingerprint density at radius 1 is 1.16 bits per heavy atom. The molecular formula is C21H28N2O2. The van der Waals surface area contributed by atoms with E-state index in [4.69, 9.17) is 4.74 Å². The molecule has 134 valence electrons. The van der Waals surface area contributed by atoms with E-state index in [-0.39, 0.29) is 5.91 Å². The van der Waals surface area contributed by atoms with Gasteiger partial charge < -0.3 is 10.1 Å². The Morgan fingerprint density at radius 3 is 2.44 bits per heavy atom. The molecule has 0 aliphatic heterocycles. The van der Waals surface area contributed by atoms with Crippen molar-refractivity contribution in [3.63, 3.8) is 0 Å². The summed E-state index contributed by atoms with van der Waals surface area (Å²) in [7, 11) is 3.55. The van der Waals surface area contributed by atoms with Crippen molar-refractivity contribution in [3.8, 4) is 5.75 Å². The van der Waals surface area contributed by atoms with Gasteiger partial charge in [-0.05, 0) is 48.7 Å². The molecule has 0 unspecified atom stereocenters. The third-order valence-electron chi connectivity index (χ3n) is 4.14. The number of ether oxygens (including phenoxy) is 1. The molecule has 0 fully saturated rings. The molecule has 0 saturated carbocycles. The Kier molecular flexibility index (Phi) is 6.59. The normalized spacial score (nSPS) is 11.0. The second-order valence-corrected chi connectivity index (χ2v) is 6.82. The van der Waals surface area contributed by atoms with Gasteiger partial charge in [0, 0.05) is 6.54 Å². The molecule has 4 nitrogen and oxygen atoms in total. The maximum absolute atomic E-state index is 12.3. The molecule has 0 aliphatic carbocycles. The average molecular weight is 340 g/mol. The number of carbonyl (C=O) groups excluding carboxylic acids is 1. The number of benzene rings is 2. The van der Waals surface area contributed by atoms with Crippen molar-refractivity contribution in [2.24, 2.45) is 0 Å². The zero-order valence-electron chi connectivity index (χ0n) is 15.8. The summed E-state index contributed by atoms with van der Waals surface area (Å²) < 4.78 is 5.30. The maximum Gasteiger partial charge on any atom is 0.238 e. The van der Waals surface area contributed by atoms with Gasteiger partial charge in [0.25, 0.3) is 0 Å². The molecule has 0 aliphatic rings. The second kappa shape index (κ2) is 8.67. The molecular weight excluding hydrogens is 312 g/mol. The first-order valence-electron chi connectivity index (χ1n) is 8.61. The van der Waals surface area contributed by atoms with E-state index in [0.29, 0.717) is 23.9 Å². The molecule has 0 saturated heterocycles. The second-order valence-electron chi connectivity index (χ2n) is 6.82. The van der Waals surface area contributed by atoms with Crippen molar-refractivity contribution < 1.29 is 9.53 Å². The molecule has 1 amide bonds. The predicted molar refractivity (Wildman–Crippen MR) is 103 cm³/mol. The summed E-state index contributed by atoms with van der Waals surface area (Å²) >= 11 is 0. The minimum atomic E-state index is -0.0507. The van der Waals surface area contributed by atoms with Gasteiger partial charge in [0.15, 0.2) is 0 Å². The maximum atomic E-state index is 12.3. The van der Waals surface area contributed by atoms with E-state index in [2.05, 4.69) is 43.4 Å². The van der Waals surface area contributed by atoms with Gasteiger partial charge in [-0.2, -0.15) is 0 Å². The number of nitrogens with zero attached hydrogens (tertiary/aromatic N) is 1. The Morgan fingerprint density at radius 2 is 1.84 bits per heavy atom. The van der Waals surface area contributed by atoms with Crippen LogP contribution in [0.5, 0.6) is 5.75 Å². The minimum Gasteiger partial charge on any atom is -0.495 e. The van der Waals surface area contributed by atoms with Gasteiger partial charge in [-0.25, -0.2) is 0 Å². The summed E-state index contributed by atoms with van der Waals surface area (Å²) in [6.07, 6.45) is 0. The molecule has 2 aromatic rings. The van der Waals surface area contributed by atoms with Gasteiger partial charge in [0.2, 0.25) is 5.91 Å². The summed E-state index contributed by atoms with van der Waals surface area (Å²) in [5, 5.41) is 2.94. The van der Waals surface area contributed by atoms with Crippen LogP contribution in [0.25, 0.3) is 0 Å². The van der Waals surface area contributed by atoms with Crippen LogP contribution in [0.15, 0.2) is 42.5 Å². The van der Waals surface area contributed by atoms with E-state index >= 15 is 0 Å². The summed E-state index contributed by atoms with van der Waals surface area (Å²) in [6, 6.07) is 14.3. The average Bonchev–Trinajstić information content (AvgIpc) is 2.55. The van der Waals surface area contributed by atoms with Crippen LogP contribution in [0.3, 0.4) is 0 Å². The number of likely N-dealkylation sites (N-methyl/N-ethyl adjacent to an activating group) is 1. The van der Waals surface area contributed by atoms with Gasteiger partial charge in [0.1, 0.15) is 5.75 Å². The predicted octanol–water partition coefficient (Wildman–Crippen LogP) is 4.20. The van der Waals surface area contributed by atoms with Crippen LogP contribution in [0.4, 0.5) is 5.69 Å². The fourth-order valence-corrected chi connectivity index (χ4v) is 2.73. The quantitative estimate of drug-likeness (QED) is 0.821. The lowest BCUT2D eigenvalue weighted by Gasteiger charge is -2.18. The lowest BCUT2D eigenvalue weighted by molar-refractivity contribution is -0.117. The molecule has 0 radical (unpaired) electrons. The fraction of sp³-hybridized carbons (Fsp3) is 0.381. The van der Waals surface area contributed by atoms with Crippen LogP contribution < -0.4 is 10.1 Å². The highest BCUT2D eigenvalue weighted by Crippen LogP contribution is 2.25. The van der Waals surface area contributed by atoms with Gasteiger partial charge in [0.05, 0.1) is 19.3 Å². The third-order valence-corrected chi connectivity index (χ3v) is 4.14. The monoisotopic (exact) mass is 340 g/mol. The number of hydrogen-bond acceptors (Lipinski definition) is 3. The van der Waals surface area contributed by atoms with Crippen LogP contribution in [0, 0.1) is 6.92 Å². The molecule has 0 bridgehead atoms. The number of rotatable bonds is 7. The van der Waals surface area contributed by atoms with E-state index < -0.39 is 0 Å². The first-order chi connectivity index (χ1) is 11.9. The highest BCUT2D eigenvalue weighted by molar-refractivity contribution is 5.93. The largest absolute Gasteiger partial charge is 0.495 e. The standard InChI is InChI=1S/C21H28N2O2/c1-15(2)18-9-7-17(8-10-18)13-23(4)14-21(24)22-19-12-16(3)6-11-20(19)25-5/h6-12,15H,13-14H2,1-5H3,(H,22,24). The Bertz CT molecular complexity index is 708. The molecule has 0 spiro atoms. The van der Waals surface area contributed by atoms with Crippen LogP contribution in [0.2, 0.25) is 0 Å². The highest BCUT2D eigenvalue weighted by Gasteiger charge is 2.11. The smallest absolute Gasteiger partial charge is 0.238 e. The minimum absolute atomic E-state index is 0.0507. The van der Waals surface area contributed by atoms with E-state index in [9.17, 15) is 4.79 Å². The molecule has 0 aromatic heterocycles. The van der Waals surface area contributed by atoms with E-state index in [1.165, 1.54) is 11.1 Å². The lowest BCUT2D eigenvalue weighted by Crippen LogP contribution is -2.30. The summed E-state index contributed by atoms with van der Waals surface area (Å²) in [6.45, 7) is 7.41. The summed E-state index contributed by atoms with van der Waals surface area (Å²) in [4.78, 5) is 14.3. The van der Waals surface area contributed by atoms with Crippen molar-refractivity contribution in [3.05, 3.63) is 59.2 Å². The number of aryl methyl sites for hydroxylation is 1. The number of nitrogens with one attached hydrogen (secondary N) is 1. The molecule has 2 rings (SSSR count). The number of amides is 1. The van der Waals surface area contributed by atoms with E-state index in [0.717, 1.165) is 12.1 Å².